The van der Waals surface area contributed by atoms with Crippen LogP contribution in [0.2, 0.25) is 0 Å². The van der Waals surface area contributed by atoms with Gasteiger partial charge >= 0.3 is 12.0 Å². The summed E-state index contributed by atoms with van der Waals surface area (Å²) in [6, 6.07) is -0.260. The summed E-state index contributed by atoms with van der Waals surface area (Å²) in [5, 5.41) is 27.6. The van der Waals surface area contributed by atoms with Gasteiger partial charge < -0.3 is 20.4 Å². The second-order valence-corrected chi connectivity index (χ2v) is 4.46. The molecule has 0 aromatic carbocycles. The molecule has 2 amide bonds. The minimum atomic E-state index is -1.14. The molecule has 112 valence electrons. The van der Waals surface area contributed by atoms with Crippen molar-refractivity contribution in [1.82, 2.24) is 25.2 Å². The quantitative estimate of drug-likeness (QED) is 0.614. The smallest absolute Gasteiger partial charge is 0.358 e. The van der Waals surface area contributed by atoms with E-state index < -0.39 is 12.1 Å². The van der Waals surface area contributed by atoms with Gasteiger partial charge in [-0.2, -0.15) is 0 Å². The van der Waals surface area contributed by atoms with Gasteiger partial charge in [-0.3, -0.25) is 0 Å². The monoisotopic (exact) mass is 285 g/mol. The van der Waals surface area contributed by atoms with Crippen molar-refractivity contribution in [3.05, 3.63) is 11.9 Å². The predicted octanol–water partition coefficient (Wildman–Crippen LogP) is -0.611. The van der Waals surface area contributed by atoms with Gasteiger partial charge in [0.15, 0.2) is 5.69 Å². The first-order valence-electron chi connectivity index (χ1n) is 6.20. The maximum atomic E-state index is 11.7. The molecule has 3 N–H and O–H groups in total. The van der Waals surface area contributed by atoms with Crippen LogP contribution in [0.4, 0.5) is 4.79 Å². The van der Waals surface area contributed by atoms with Crippen LogP contribution in [-0.2, 0) is 6.54 Å². The number of hydrogen-bond donors (Lipinski definition) is 3. The molecule has 1 heterocycles. The summed E-state index contributed by atoms with van der Waals surface area (Å²) in [5.74, 6) is -1.14. The van der Waals surface area contributed by atoms with Gasteiger partial charge in [-0.05, 0) is 13.3 Å². The Balaban J connectivity index is 2.28. The summed E-state index contributed by atoms with van der Waals surface area (Å²) < 4.78 is 1.35. The molecule has 1 rings (SSSR count). The fourth-order valence-corrected chi connectivity index (χ4v) is 1.40. The molecule has 9 nitrogen and oxygen atoms in total. The number of aliphatic hydroxyl groups excluding tert-OH is 1. The van der Waals surface area contributed by atoms with E-state index in [2.05, 4.69) is 15.6 Å². The number of carbonyl (C=O) groups excluding carboxylic acids is 1. The number of urea groups is 1. The van der Waals surface area contributed by atoms with E-state index in [-0.39, 0.29) is 11.7 Å². The highest BCUT2D eigenvalue weighted by molar-refractivity contribution is 5.84. The minimum absolute atomic E-state index is 0.134. The number of nitrogens with zero attached hydrogens (tertiary/aromatic N) is 4. The normalized spacial score (nSPS) is 11.9. The molecule has 0 radical (unpaired) electrons. The summed E-state index contributed by atoms with van der Waals surface area (Å²) in [6.07, 6.45) is 1.36. The number of carboxylic acids is 1. The number of nitrogens with one attached hydrogen (secondary N) is 1. The zero-order chi connectivity index (χ0) is 15.1. The van der Waals surface area contributed by atoms with Crippen LogP contribution < -0.4 is 5.32 Å². The molecular formula is C11H19N5O4. The maximum absolute atomic E-state index is 11.7. The standard InChI is InChI=1S/C11H19N5O4/c1-8(17)3-5-15(2)11(20)12-4-6-16-7-9(10(18)19)13-14-16/h7-8,17H,3-6H2,1-2H3,(H,12,20)(H,18,19). The van der Waals surface area contributed by atoms with E-state index in [0.717, 1.165) is 0 Å². The van der Waals surface area contributed by atoms with Gasteiger partial charge in [0.25, 0.3) is 0 Å². The number of aliphatic hydroxyl groups is 1. The third-order valence-electron chi connectivity index (χ3n) is 2.60. The van der Waals surface area contributed by atoms with E-state index in [4.69, 9.17) is 10.2 Å². The van der Waals surface area contributed by atoms with Crippen molar-refractivity contribution in [3.8, 4) is 0 Å². The summed E-state index contributed by atoms with van der Waals surface area (Å²) in [6.45, 7) is 2.75. The van der Waals surface area contributed by atoms with Gasteiger partial charge in [-0.1, -0.05) is 5.21 Å². The zero-order valence-corrected chi connectivity index (χ0v) is 11.5. The Morgan fingerprint density at radius 2 is 2.25 bits per heavy atom. The van der Waals surface area contributed by atoms with Crippen LogP contribution in [0.15, 0.2) is 6.20 Å². The summed E-state index contributed by atoms with van der Waals surface area (Å²) in [5.41, 5.74) is -0.134. The average molecular weight is 285 g/mol. The molecule has 0 aliphatic rings. The Morgan fingerprint density at radius 3 is 2.80 bits per heavy atom. The first-order valence-corrected chi connectivity index (χ1v) is 6.20. The van der Waals surface area contributed by atoms with Gasteiger partial charge in [0, 0.05) is 20.1 Å². The second kappa shape index (κ2) is 7.43. The number of aromatic carboxylic acids is 1. The zero-order valence-electron chi connectivity index (χ0n) is 11.5. The third kappa shape index (κ3) is 5.22. The molecule has 0 bridgehead atoms. The average Bonchev–Trinajstić information content (AvgIpc) is 2.84. The molecule has 1 unspecified atom stereocenters. The van der Waals surface area contributed by atoms with E-state index >= 15 is 0 Å². The molecule has 0 saturated heterocycles. The predicted molar refractivity (Wildman–Crippen MR) is 69.3 cm³/mol. The first kappa shape index (κ1) is 15.9. The van der Waals surface area contributed by atoms with Crippen molar-refractivity contribution in [1.29, 1.82) is 0 Å². The summed E-state index contributed by atoms with van der Waals surface area (Å²) in [7, 11) is 1.63. The van der Waals surface area contributed by atoms with Crippen LogP contribution in [0.3, 0.4) is 0 Å². The van der Waals surface area contributed by atoms with Crippen LogP contribution in [-0.4, -0.2) is 68.3 Å². The fraction of sp³-hybridized carbons (Fsp3) is 0.636. The van der Waals surface area contributed by atoms with Crippen molar-refractivity contribution < 1.29 is 19.8 Å². The van der Waals surface area contributed by atoms with Crippen LogP contribution in [0.5, 0.6) is 0 Å². The Labute approximate surface area is 116 Å². The van der Waals surface area contributed by atoms with Crippen molar-refractivity contribution in [2.45, 2.75) is 26.0 Å². The van der Waals surface area contributed by atoms with Gasteiger partial charge in [-0.25, -0.2) is 14.3 Å². The first-order chi connectivity index (χ1) is 9.40. The lowest BCUT2D eigenvalue weighted by Crippen LogP contribution is -2.39. The molecule has 0 fully saturated rings. The van der Waals surface area contributed by atoms with Crippen LogP contribution >= 0.6 is 0 Å². The van der Waals surface area contributed by atoms with Crippen molar-refractivity contribution >= 4 is 12.0 Å². The van der Waals surface area contributed by atoms with Crippen LogP contribution in [0.1, 0.15) is 23.8 Å². The molecule has 0 aliphatic heterocycles. The van der Waals surface area contributed by atoms with E-state index in [1.54, 1.807) is 14.0 Å². The Morgan fingerprint density at radius 1 is 1.55 bits per heavy atom. The summed E-state index contributed by atoms with van der Waals surface area (Å²) in [4.78, 5) is 23.7. The van der Waals surface area contributed by atoms with Gasteiger partial charge in [0.05, 0.1) is 18.8 Å². The third-order valence-corrected chi connectivity index (χ3v) is 2.60. The molecule has 1 atom stereocenters. The highest BCUT2D eigenvalue weighted by atomic mass is 16.4. The highest BCUT2D eigenvalue weighted by Gasteiger charge is 2.10. The van der Waals surface area contributed by atoms with E-state index in [1.165, 1.54) is 15.8 Å². The minimum Gasteiger partial charge on any atom is -0.476 e. The molecule has 9 heteroatoms. The number of amides is 2. The molecule has 20 heavy (non-hydrogen) atoms. The Bertz CT molecular complexity index is 459. The number of carboxylic acid groups (broad SMARTS) is 1. The Kier molecular flexibility index (Phi) is 5.91. The van der Waals surface area contributed by atoms with Gasteiger partial charge in [0.2, 0.25) is 0 Å². The molecular weight excluding hydrogens is 266 g/mol. The second-order valence-electron chi connectivity index (χ2n) is 4.46. The lowest BCUT2D eigenvalue weighted by molar-refractivity contribution is 0.0690. The van der Waals surface area contributed by atoms with Gasteiger partial charge in [0.1, 0.15) is 0 Å². The topological polar surface area (TPSA) is 121 Å². The number of rotatable bonds is 7. The van der Waals surface area contributed by atoms with Crippen molar-refractivity contribution in [2.24, 2.45) is 0 Å². The van der Waals surface area contributed by atoms with Crippen LogP contribution in [0.25, 0.3) is 0 Å². The number of carbonyl (C=O) groups is 2. The molecule has 0 saturated carbocycles. The summed E-state index contributed by atoms with van der Waals surface area (Å²) >= 11 is 0. The largest absolute Gasteiger partial charge is 0.476 e. The number of aromatic nitrogens is 3. The molecule has 1 aromatic heterocycles. The molecule has 1 aromatic rings. The van der Waals surface area contributed by atoms with Crippen LogP contribution in [0, 0.1) is 0 Å². The molecule has 0 spiro atoms. The van der Waals surface area contributed by atoms with Crippen molar-refractivity contribution in [3.63, 3.8) is 0 Å². The fourth-order valence-electron chi connectivity index (χ4n) is 1.40. The number of hydrogen-bond acceptors (Lipinski definition) is 5. The lowest BCUT2D eigenvalue weighted by atomic mass is 10.3. The lowest BCUT2D eigenvalue weighted by Gasteiger charge is -2.18. The highest BCUT2D eigenvalue weighted by Crippen LogP contribution is 1.94. The SMILES string of the molecule is CC(O)CCN(C)C(=O)NCCn1cc(C(=O)O)nn1. The van der Waals surface area contributed by atoms with E-state index in [9.17, 15) is 9.59 Å². The Hall–Kier alpha value is -2.16. The maximum Gasteiger partial charge on any atom is 0.358 e. The van der Waals surface area contributed by atoms with E-state index in [1.807, 2.05) is 0 Å². The van der Waals surface area contributed by atoms with Crippen molar-refractivity contribution in [2.75, 3.05) is 20.1 Å². The van der Waals surface area contributed by atoms with Gasteiger partial charge in [-0.15, -0.1) is 5.10 Å². The molecule has 0 aliphatic carbocycles. The van der Waals surface area contributed by atoms with E-state index in [0.29, 0.717) is 26.1 Å².